The molecule has 98 valence electrons. The van der Waals surface area contributed by atoms with E-state index in [1.165, 1.54) is 12.1 Å². The number of sulfonamides is 1. The third kappa shape index (κ3) is 2.99. The minimum Gasteiger partial charge on any atom is -0.374 e. The molecule has 18 heavy (non-hydrogen) atoms. The topological polar surface area (TPSA) is 101 Å². The zero-order chi connectivity index (χ0) is 13.2. The Balaban J connectivity index is 2.08. The van der Waals surface area contributed by atoms with Crippen molar-refractivity contribution >= 4 is 21.6 Å². The van der Waals surface area contributed by atoms with Gasteiger partial charge >= 0.3 is 0 Å². The average Bonchev–Trinajstić information content (AvgIpc) is 2.32. The summed E-state index contributed by atoms with van der Waals surface area (Å²) < 4.78 is 22.2. The van der Waals surface area contributed by atoms with Crippen molar-refractivity contribution in [2.24, 2.45) is 5.14 Å². The van der Waals surface area contributed by atoms with Crippen molar-refractivity contribution in [3.05, 3.63) is 24.3 Å². The molecule has 7 heteroatoms. The van der Waals surface area contributed by atoms with Crippen LogP contribution in [0, 0.1) is 0 Å². The minimum atomic E-state index is -3.67. The summed E-state index contributed by atoms with van der Waals surface area (Å²) in [7, 11) is -3.67. The predicted molar refractivity (Wildman–Crippen MR) is 67.5 cm³/mol. The molecule has 0 aliphatic carbocycles. The number of carbonyl (C=O) groups excluding carboxylic acids is 1. The zero-order valence-corrected chi connectivity index (χ0v) is 10.5. The Morgan fingerprint density at radius 3 is 2.50 bits per heavy atom. The molecule has 1 heterocycles. The van der Waals surface area contributed by atoms with Gasteiger partial charge in [-0.25, -0.2) is 13.6 Å². The van der Waals surface area contributed by atoms with Crippen LogP contribution in [0.3, 0.4) is 0 Å². The largest absolute Gasteiger partial charge is 0.374 e. The van der Waals surface area contributed by atoms with E-state index in [9.17, 15) is 13.2 Å². The number of amides is 1. The van der Waals surface area contributed by atoms with Gasteiger partial charge in [-0.05, 0) is 37.1 Å². The van der Waals surface area contributed by atoms with Crippen molar-refractivity contribution in [3.63, 3.8) is 0 Å². The van der Waals surface area contributed by atoms with Crippen molar-refractivity contribution in [2.75, 3.05) is 11.9 Å². The molecule has 4 N–H and O–H groups in total. The van der Waals surface area contributed by atoms with E-state index in [4.69, 9.17) is 5.14 Å². The van der Waals surface area contributed by atoms with Gasteiger partial charge in [-0.1, -0.05) is 0 Å². The molecular formula is C11H15N3O3S. The Bertz CT molecular complexity index is 539. The number of hydrogen-bond acceptors (Lipinski definition) is 4. The highest BCUT2D eigenvalue weighted by molar-refractivity contribution is 7.89. The molecule has 0 saturated carbocycles. The molecule has 1 aromatic rings. The van der Waals surface area contributed by atoms with Gasteiger partial charge in [0, 0.05) is 12.2 Å². The Labute approximate surface area is 106 Å². The van der Waals surface area contributed by atoms with E-state index >= 15 is 0 Å². The smallest absolute Gasteiger partial charge is 0.242 e. The number of carbonyl (C=O) groups is 1. The van der Waals surface area contributed by atoms with Crippen LogP contribution in [-0.2, 0) is 14.8 Å². The highest BCUT2D eigenvalue weighted by atomic mass is 32.2. The molecule has 0 radical (unpaired) electrons. The average molecular weight is 269 g/mol. The maximum atomic E-state index is 11.5. The summed E-state index contributed by atoms with van der Waals surface area (Å²) in [5, 5.41) is 10.8. The van der Waals surface area contributed by atoms with Crippen LogP contribution in [0.2, 0.25) is 0 Å². The Hall–Kier alpha value is -1.60. The summed E-state index contributed by atoms with van der Waals surface area (Å²) in [5.41, 5.74) is 0.699. The number of rotatable bonds is 3. The normalized spacial score (nSPS) is 20.3. The number of nitrogens with two attached hydrogens (primary N) is 1. The minimum absolute atomic E-state index is 0.0308. The van der Waals surface area contributed by atoms with Crippen LogP contribution in [0.15, 0.2) is 29.2 Å². The lowest BCUT2D eigenvalue weighted by Crippen LogP contribution is -2.44. The number of benzene rings is 1. The van der Waals surface area contributed by atoms with Gasteiger partial charge in [-0.2, -0.15) is 0 Å². The van der Waals surface area contributed by atoms with Crippen LogP contribution in [0.4, 0.5) is 5.69 Å². The van der Waals surface area contributed by atoms with Crippen molar-refractivity contribution < 1.29 is 13.2 Å². The Morgan fingerprint density at radius 2 is 1.94 bits per heavy atom. The van der Waals surface area contributed by atoms with E-state index in [2.05, 4.69) is 10.6 Å². The maximum absolute atomic E-state index is 11.5. The highest BCUT2D eigenvalue weighted by Gasteiger charge is 2.21. The molecule has 1 fully saturated rings. The molecule has 1 saturated heterocycles. The first kappa shape index (κ1) is 12.8. The van der Waals surface area contributed by atoms with Crippen molar-refractivity contribution in [1.82, 2.24) is 5.32 Å². The van der Waals surface area contributed by atoms with Crippen LogP contribution in [0.25, 0.3) is 0 Å². The Morgan fingerprint density at radius 1 is 1.28 bits per heavy atom. The summed E-state index contributed by atoms with van der Waals surface area (Å²) in [6.45, 7) is 0.710. The van der Waals surface area contributed by atoms with Gasteiger partial charge in [0.1, 0.15) is 6.04 Å². The van der Waals surface area contributed by atoms with Crippen LogP contribution in [-0.4, -0.2) is 26.9 Å². The number of nitrogens with one attached hydrogen (secondary N) is 2. The van der Waals surface area contributed by atoms with E-state index in [1.807, 2.05) is 0 Å². The lowest BCUT2D eigenvalue weighted by molar-refractivity contribution is -0.123. The van der Waals surface area contributed by atoms with E-state index < -0.39 is 10.0 Å². The maximum Gasteiger partial charge on any atom is 0.242 e. The Kier molecular flexibility index (Phi) is 3.53. The zero-order valence-electron chi connectivity index (χ0n) is 9.72. The molecule has 1 amide bonds. The molecule has 0 spiro atoms. The van der Waals surface area contributed by atoms with Crippen molar-refractivity contribution in [3.8, 4) is 0 Å². The second kappa shape index (κ2) is 4.95. The molecule has 1 unspecified atom stereocenters. The molecule has 1 aliphatic rings. The van der Waals surface area contributed by atoms with Crippen LogP contribution in [0.5, 0.6) is 0 Å². The number of anilines is 1. The van der Waals surface area contributed by atoms with Gasteiger partial charge in [0.05, 0.1) is 4.90 Å². The van der Waals surface area contributed by atoms with Gasteiger partial charge in [0.2, 0.25) is 15.9 Å². The molecule has 1 aromatic carbocycles. The lowest BCUT2D eigenvalue weighted by atomic mass is 10.1. The van der Waals surface area contributed by atoms with Crippen molar-refractivity contribution in [2.45, 2.75) is 23.8 Å². The summed E-state index contributed by atoms with van der Waals surface area (Å²) in [4.78, 5) is 11.6. The molecule has 6 nitrogen and oxygen atoms in total. The highest BCUT2D eigenvalue weighted by Crippen LogP contribution is 2.16. The standard InChI is InChI=1S/C11H15N3O3S/c12-18(16,17)9-5-3-8(4-6-9)14-10-2-1-7-13-11(10)15/h3-6,10,14H,1-2,7H2,(H,13,15)(H2,12,16,17). The van der Waals surface area contributed by atoms with Gasteiger partial charge in [0.25, 0.3) is 0 Å². The summed E-state index contributed by atoms with van der Waals surface area (Å²) >= 11 is 0. The fraction of sp³-hybridized carbons (Fsp3) is 0.364. The summed E-state index contributed by atoms with van der Waals surface area (Å²) in [6, 6.07) is 5.76. The van der Waals surface area contributed by atoms with Gasteiger partial charge in [-0.3, -0.25) is 4.79 Å². The number of piperidine rings is 1. The van der Waals surface area contributed by atoms with Gasteiger partial charge < -0.3 is 10.6 Å². The summed E-state index contributed by atoms with van der Waals surface area (Å²) in [5.74, 6) is -0.0308. The van der Waals surface area contributed by atoms with E-state index in [-0.39, 0.29) is 16.8 Å². The summed E-state index contributed by atoms with van der Waals surface area (Å²) in [6.07, 6.45) is 1.70. The number of primary sulfonamides is 1. The van der Waals surface area contributed by atoms with Crippen LogP contribution < -0.4 is 15.8 Å². The van der Waals surface area contributed by atoms with Crippen molar-refractivity contribution in [1.29, 1.82) is 0 Å². The van der Waals surface area contributed by atoms with Crippen LogP contribution in [0.1, 0.15) is 12.8 Å². The molecule has 0 aromatic heterocycles. The SMILES string of the molecule is NS(=O)(=O)c1ccc(NC2CCCNC2=O)cc1. The molecule has 0 bridgehead atoms. The quantitative estimate of drug-likeness (QED) is 0.720. The lowest BCUT2D eigenvalue weighted by Gasteiger charge is -2.23. The first-order valence-corrected chi connectivity index (χ1v) is 7.18. The second-order valence-corrected chi connectivity index (χ2v) is 5.76. The molecule has 2 rings (SSSR count). The molecule has 1 atom stereocenters. The van der Waals surface area contributed by atoms with E-state index in [0.717, 1.165) is 12.8 Å². The van der Waals surface area contributed by atoms with Gasteiger partial charge in [-0.15, -0.1) is 0 Å². The van der Waals surface area contributed by atoms with Crippen LogP contribution >= 0.6 is 0 Å². The molecular weight excluding hydrogens is 254 g/mol. The fourth-order valence-electron chi connectivity index (χ4n) is 1.85. The fourth-order valence-corrected chi connectivity index (χ4v) is 2.37. The first-order valence-electron chi connectivity index (χ1n) is 5.64. The first-order chi connectivity index (χ1) is 8.47. The molecule has 1 aliphatic heterocycles. The van der Waals surface area contributed by atoms with Gasteiger partial charge in [0.15, 0.2) is 0 Å². The second-order valence-electron chi connectivity index (χ2n) is 4.20. The third-order valence-corrected chi connectivity index (χ3v) is 3.74. The van der Waals surface area contributed by atoms with E-state index in [0.29, 0.717) is 12.2 Å². The van der Waals surface area contributed by atoms with E-state index in [1.54, 1.807) is 12.1 Å². The number of hydrogen-bond donors (Lipinski definition) is 3. The third-order valence-electron chi connectivity index (χ3n) is 2.81. The predicted octanol–water partition coefficient (Wildman–Crippen LogP) is 0.0245. The monoisotopic (exact) mass is 269 g/mol.